The SMILES string of the molecule is C[C@@H]1CN(c2c[nH]nc2C(F)(F)F)CCN1c1nccc(C(=O)N[C@H]2C3CC4CC2C[C@](O)(C4)C3)n1. The fraction of sp³-hybridized carbons (Fsp3) is 0.667. The summed E-state index contributed by atoms with van der Waals surface area (Å²) in [6.07, 6.45) is 2.77. The Bertz CT molecular complexity index is 1140. The summed E-state index contributed by atoms with van der Waals surface area (Å²) >= 11 is 0. The van der Waals surface area contributed by atoms with E-state index in [2.05, 4.69) is 25.5 Å². The van der Waals surface area contributed by atoms with Gasteiger partial charge in [-0.25, -0.2) is 9.97 Å². The number of H-pyrrole nitrogens is 1. The quantitative estimate of drug-likeness (QED) is 0.586. The Morgan fingerprint density at radius 1 is 1.22 bits per heavy atom. The fourth-order valence-corrected chi connectivity index (χ4v) is 7.26. The molecule has 0 spiro atoms. The largest absolute Gasteiger partial charge is 0.437 e. The lowest BCUT2D eigenvalue weighted by molar-refractivity contribution is -0.140. The van der Waals surface area contributed by atoms with Gasteiger partial charge in [-0.15, -0.1) is 0 Å². The van der Waals surface area contributed by atoms with Gasteiger partial charge in [-0.1, -0.05) is 0 Å². The zero-order valence-electron chi connectivity index (χ0n) is 20.0. The average Bonchev–Trinajstić information content (AvgIpc) is 3.31. The van der Waals surface area contributed by atoms with Crippen LogP contribution in [0.15, 0.2) is 18.5 Å². The topological polar surface area (TPSA) is 110 Å². The number of carbonyl (C=O) groups is 1. The molecule has 4 aliphatic carbocycles. The number of carbonyl (C=O) groups excluding carboxylic acids is 1. The number of alkyl halides is 3. The molecule has 1 amide bonds. The van der Waals surface area contributed by atoms with Crippen molar-refractivity contribution in [3.8, 4) is 0 Å². The van der Waals surface area contributed by atoms with E-state index in [-0.39, 0.29) is 29.4 Å². The van der Waals surface area contributed by atoms with Crippen molar-refractivity contribution < 1.29 is 23.1 Å². The van der Waals surface area contributed by atoms with Gasteiger partial charge in [-0.05, 0) is 62.8 Å². The second-order valence-electron chi connectivity index (χ2n) is 11.0. The first-order valence-corrected chi connectivity index (χ1v) is 12.6. The lowest BCUT2D eigenvalue weighted by atomic mass is 9.52. The Hall–Kier alpha value is -2.89. The van der Waals surface area contributed by atoms with Crippen LogP contribution in [0.1, 0.15) is 55.2 Å². The van der Waals surface area contributed by atoms with Gasteiger partial charge < -0.3 is 20.2 Å². The second-order valence-corrected chi connectivity index (χ2v) is 11.0. The molecule has 3 heterocycles. The molecular formula is C24H30F3N7O2. The van der Waals surface area contributed by atoms with Crippen LogP contribution in [0.25, 0.3) is 0 Å². The molecule has 4 bridgehead atoms. The molecule has 12 heteroatoms. The molecule has 1 saturated heterocycles. The molecular weight excluding hydrogens is 475 g/mol. The van der Waals surface area contributed by atoms with E-state index >= 15 is 0 Å². The maximum Gasteiger partial charge on any atom is 0.437 e. The molecule has 36 heavy (non-hydrogen) atoms. The van der Waals surface area contributed by atoms with Gasteiger partial charge >= 0.3 is 6.18 Å². The number of halogens is 3. The zero-order valence-corrected chi connectivity index (χ0v) is 20.0. The van der Waals surface area contributed by atoms with Gasteiger partial charge in [0.15, 0.2) is 5.69 Å². The number of hydrogen-bond acceptors (Lipinski definition) is 7. The molecule has 3 atom stereocenters. The maximum absolute atomic E-state index is 13.3. The Kier molecular flexibility index (Phi) is 5.43. The zero-order chi connectivity index (χ0) is 25.2. The number of amides is 1. The van der Waals surface area contributed by atoms with E-state index in [4.69, 9.17) is 0 Å². The number of aromatic amines is 1. The molecule has 2 aromatic heterocycles. The van der Waals surface area contributed by atoms with E-state index < -0.39 is 17.5 Å². The monoisotopic (exact) mass is 505 g/mol. The van der Waals surface area contributed by atoms with E-state index in [0.717, 1.165) is 32.1 Å². The maximum atomic E-state index is 13.3. The van der Waals surface area contributed by atoms with Crippen LogP contribution in [-0.4, -0.2) is 68.5 Å². The van der Waals surface area contributed by atoms with E-state index in [1.165, 1.54) is 6.20 Å². The van der Waals surface area contributed by atoms with Gasteiger partial charge in [-0.2, -0.15) is 18.3 Å². The van der Waals surface area contributed by atoms with Crippen LogP contribution in [0.5, 0.6) is 0 Å². The first-order valence-electron chi connectivity index (χ1n) is 12.6. The number of nitrogens with one attached hydrogen (secondary N) is 2. The van der Waals surface area contributed by atoms with Crippen molar-refractivity contribution >= 4 is 17.5 Å². The molecule has 0 aromatic carbocycles. The lowest BCUT2D eigenvalue weighted by Crippen LogP contribution is -2.61. The summed E-state index contributed by atoms with van der Waals surface area (Å²) < 4.78 is 39.9. The van der Waals surface area contributed by atoms with Crippen molar-refractivity contribution in [2.75, 3.05) is 29.4 Å². The third-order valence-corrected chi connectivity index (χ3v) is 8.53. The summed E-state index contributed by atoms with van der Waals surface area (Å²) in [7, 11) is 0. The fourth-order valence-electron chi connectivity index (χ4n) is 7.26. The summed E-state index contributed by atoms with van der Waals surface area (Å²) in [5, 5.41) is 19.7. The number of nitrogens with zero attached hydrogens (tertiary/aromatic N) is 5. The standard InChI is InChI=1S/C24H30F3N7O2/c1-13-12-33(18-11-29-32-20(18)24(25,26)27)4-5-34(13)22-28-3-2-17(30-22)21(35)31-19-15-6-14-7-16(19)10-23(36,8-14)9-15/h2-3,11,13-16,19,36H,4-10,12H2,1H3,(H,29,32)(H,31,35)/t13-,14?,15?,16?,19-,23-/m1/s1. The smallest absolute Gasteiger partial charge is 0.390 e. The third kappa shape index (κ3) is 4.08. The molecule has 194 valence electrons. The summed E-state index contributed by atoms with van der Waals surface area (Å²) in [5.41, 5.74) is -1.18. The number of hydrogen-bond donors (Lipinski definition) is 3. The van der Waals surface area contributed by atoms with Gasteiger partial charge in [0.25, 0.3) is 5.91 Å². The van der Waals surface area contributed by atoms with Crippen molar-refractivity contribution in [2.45, 2.75) is 62.9 Å². The summed E-state index contributed by atoms with van der Waals surface area (Å²) in [6, 6.07) is 1.45. The molecule has 0 radical (unpaired) electrons. The van der Waals surface area contributed by atoms with E-state index in [1.807, 2.05) is 11.8 Å². The Balaban J connectivity index is 1.13. The third-order valence-electron chi connectivity index (χ3n) is 8.53. The second kappa shape index (κ2) is 8.32. The first-order chi connectivity index (χ1) is 17.1. The van der Waals surface area contributed by atoms with E-state index in [1.54, 1.807) is 17.2 Å². The molecule has 5 fully saturated rings. The minimum atomic E-state index is -4.53. The van der Waals surface area contributed by atoms with Gasteiger partial charge in [0, 0.05) is 44.1 Å². The molecule has 4 saturated carbocycles. The normalized spacial score (nSPS) is 33.8. The van der Waals surface area contributed by atoms with Gasteiger partial charge in [-0.3, -0.25) is 9.89 Å². The number of anilines is 2. The van der Waals surface area contributed by atoms with Crippen molar-refractivity contribution in [1.82, 2.24) is 25.5 Å². The molecule has 1 aliphatic heterocycles. The van der Waals surface area contributed by atoms with Crippen LogP contribution in [0, 0.1) is 17.8 Å². The highest BCUT2D eigenvalue weighted by Gasteiger charge is 2.55. The van der Waals surface area contributed by atoms with Crippen molar-refractivity contribution in [1.29, 1.82) is 0 Å². The summed E-state index contributed by atoms with van der Waals surface area (Å²) in [5.74, 6) is 1.29. The Labute approximate surface area is 206 Å². The van der Waals surface area contributed by atoms with E-state index in [0.29, 0.717) is 43.3 Å². The van der Waals surface area contributed by atoms with Crippen LogP contribution in [0.2, 0.25) is 0 Å². The highest BCUT2D eigenvalue weighted by Crippen LogP contribution is 2.55. The predicted molar refractivity (Wildman–Crippen MR) is 124 cm³/mol. The van der Waals surface area contributed by atoms with Crippen molar-refractivity contribution in [2.24, 2.45) is 17.8 Å². The number of aromatic nitrogens is 4. The van der Waals surface area contributed by atoms with Crippen molar-refractivity contribution in [3.05, 3.63) is 29.8 Å². The number of aliphatic hydroxyl groups is 1. The molecule has 2 aromatic rings. The van der Waals surface area contributed by atoms with Crippen LogP contribution in [0.4, 0.5) is 24.8 Å². The van der Waals surface area contributed by atoms with Crippen LogP contribution in [0.3, 0.4) is 0 Å². The lowest BCUT2D eigenvalue weighted by Gasteiger charge is -2.58. The highest BCUT2D eigenvalue weighted by molar-refractivity contribution is 5.92. The number of piperazine rings is 1. The Morgan fingerprint density at radius 3 is 2.64 bits per heavy atom. The summed E-state index contributed by atoms with van der Waals surface area (Å²) in [4.78, 5) is 25.6. The molecule has 9 nitrogen and oxygen atoms in total. The van der Waals surface area contributed by atoms with E-state index in [9.17, 15) is 23.1 Å². The van der Waals surface area contributed by atoms with Crippen LogP contribution >= 0.6 is 0 Å². The molecule has 2 unspecified atom stereocenters. The minimum absolute atomic E-state index is 0.0309. The first kappa shape index (κ1) is 23.5. The van der Waals surface area contributed by atoms with Crippen LogP contribution in [-0.2, 0) is 6.18 Å². The van der Waals surface area contributed by atoms with Gasteiger partial charge in [0.2, 0.25) is 5.95 Å². The molecule has 7 rings (SSSR count). The predicted octanol–water partition coefficient (Wildman–Crippen LogP) is 2.60. The van der Waals surface area contributed by atoms with Crippen LogP contribution < -0.4 is 15.1 Å². The molecule has 3 N–H and O–H groups in total. The minimum Gasteiger partial charge on any atom is -0.390 e. The summed E-state index contributed by atoms with van der Waals surface area (Å²) in [6.45, 7) is 2.97. The Morgan fingerprint density at radius 2 is 1.97 bits per heavy atom. The van der Waals surface area contributed by atoms with Crippen molar-refractivity contribution in [3.63, 3.8) is 0 Å². The average molecular weight is 506 g/mol. The van der Waals surface area contributed by atoms with Gasteiger partial charge in [0.1, 0.15) is 5.69 Å². The molecule has 5 aliphatic rings. The van der Waals surface area contributed by atoms with Gasteiger partial charge in [0.05, 0.1) is 11.3 Å². The number of rotatable bonds is 4. The highest BCUT2D eigenvalue weighted by atomic mass is 19.4.